The van der Waals surface area contributed by atoms with Gasteiger partial charge in [0.25, 0.3) is 5.56 Å². The molecule has 26 heavy (non-hydrogen) atoms. The van der Waals surface area contributed by atoms with Crippen molar-refractivity contribution in [2.24, 2.45) is 5.73 Å². The van der Waals surface area contributed by atoms with Gasteiger partial charge in [0.2, 0.25) is 0 Å². The highest BCUT2D eigenvalue weighted by atomic mass is 35.5. The Hall–Kier alpha value is -1.69. The van der Waals surface area contributed by atoms with Gasteiger partial charge < -0.3 is 5.73 Å². The fourth-order valence-corrected chi connectivity index (χ4v) is 4.94. The average molecular weight is 390 g/mol. The largest absolute Gasteiger partial charge is 0.328 e. The Balaban J connectivity index is 0.00000196. The monoisotopic (exact) mass is 389 g/mol. The summed E-state index contributed by atoms with van der Waals surface area (Å²) >= 11 is 1.60. The minimum absolute atomic E-state index is 0. The molecule has 0 radical (unpaired) electrons. The molecule has 2 atom stereocenters. The van der Waals surface area contributed by atoms with Crippen molar-refractivity contribution < 1.29 is 0 Å². The first kappa shape index (κ1) is 19.1. The Morgan fingerprint density at radius 3 is 2.69 bits per heavy atom. The molecule has 1 saturated carbocycles. The molecule has 0 saturated heterocycles. The first-order chi connectivity index (χ1) is 12.0. The molecule has 138 valence electrons. The third kappa shape index (κ3) is 3.08. The molecule has 3 aromatic rings. The molecule has 0 aliphatic heterocycles. The van der Waals surface area contributed by atoms with Crippen molar-refractivity contribution >= 4 is 34.0 Å². The van der Waals surface area contributed by atoms with Crippen LogP contribution in [0.25, 0.3) is 21.3 Å². The molecule has 2 N–H and O–H groups in total. The van der Waals surface area contributed by atoms with E-state index in [9.17, 15) is 4.79 Å². The lowest BCUT2D eigenvalue weighted by molar-refractivity contribution is 0.491. The highest BCUT2D eigenvalue weighted by Crippen LogP contribution is 2.38. The molecule has 4 rings (SSSR count). The summed E-state index contributed by atoms with van der Waals surface area (Å²) in [5, 5.41) is 0.763. The molecule has 0 spiro atoms. The molecule has 0 amide bonds. The Kier molecular flexibility index (Phi) is 5.24. The van der Waals surface area contributed by atoms with E-state index < -0.39 is 0 Å². The van der Waals surface area contributed by atoms with Gasteiger partial charge in [-0.15, -0.1) is 23.7 Å². The van der Waals surface area contributed by atoms with Crippen LogP contribution in [0, 0.1) is 20.8 Å². The van der Waals surface area contributed by atoms with Gasteiger partial charge in [0, 0.05) is 22.5 Å². The van der Waals surface area contributed by atoms with Gasteiger partial charge >= 0.3 is 0 Å². The van der Waals surface area contributed by atoms with Gasteiger partial charge in [-0.25, -0.2) is 4.98 Å². The van der Waals surface area contributed by atoms with Crippen molar-refractivity contribution in [1.82, 2.24) is 9.55 Å². The minimum atomic E-state index is 0. The average Bonchev–Trinajstić information content (AvgIpc) is 3.13. The second-order valence-corrected chi connectivity index (χ2v) is 8.42. The zero-order valence-electron chi connectivity index (χ0n) is 15.3. The first-order valence-electron chi connectivity index (χ1n) is 8.79. The lowest BCUT2D eigenvalue weighted by atomic mass is 9.97. The molecule has 1 fully saturated rings. The number of hydrogen-bond donors (Lipinski definition) is 1. The summed E-state index contributed by atoms with van der Waals surface area (Å²) in [6.07, 6.45) is 4.50. The molecule has 1 aromatic carbocycles. The van der Waals surface area contributed by atoms with Gasteiger partial charge in [-0.2, -0.15) is 0 Å². The van der Waals surface area contributed by atoms with E-state index in [-0.39, 0.29) is 30.0 Å². The lowest BCUT2D eigenvalue weighted by Crippen LogP contribution is -2.25. The van der Waals surface area contributed by atoms with Crippen molar-refractivity contribution in [3.05, 3.63) is 50.9 Å². The quantitative estimate of drug-likeness (QED) is 0.700. The second-order valence-electron chi connectivity index (χ2n) is 7.22. The molecule has 2 aromatic heterocycles. The van der Waals surface area contributed by atoms with Gasteiger partial charge in [-0.1, -0.05) is 23.8 Å². The number of nitrogens with zero attached hydrogens (tertiary/aromatic N) is 2. The smallest absolute Gasteiger partial charge is 0.262 e. The number of aromatic nitrogens is 2. The SMILES string of the molecule is Cc1ccc(C)c(-c2c(C)sc3ncn([C@@H]4CC[C@@H](N)C4)c(=O)c23)c1.Cl. The number of thiophene rings is 1. The number of nitrogens with two attached hydrogens (primary N) is 1. The van der Waals surface area contributed by atoms with Crippen molar-refractivity contribution in [3.63, 3.8) is 0 Å². The fourth-order valence-electron chi connectivity index (χ4n) is 3.95. The summed E-state index contributed by atoms with van der Waals surface area (Å²) in [4.78, 5) is 19.9. The normalized spacial score (nSPS) is 19.7. The third-order valence-electron chi connectivity index (χ3n) is 5.31. The van der Waals surface area contributed by atoms with Crippen LogP contribution in [0.4, 0.5) is 0 Å². The zero-order chi connectivity index (χ0) is 17.7. The van der Waals surface area contributed by atoms with E-state index in [1.165, 1.54) is 11.1 Å². The predicted octanol–water partition coefficient (Wildman–Crippen LogP) is 4.52. The Morgan fingerprint density at radius 2 is 2.00 bits per heavy atom. The van der Waals surface area contributed by atoms with Gasteiger partial charge in [-0.3, -0.25) is 9.36 Å². The highest BCUT2D eigenvalue weighted by molar-refractivity contribution is 7.19. The summed E-state index contributed by atoms with van der Waals surface area (Å²) in [5.74, 6) is 0. The molecule has 4 nitrogen and oxygen atoms in total. The van der Waals surface area contributed by atoms with Crippen LogP contribution in [0.2, 0.25) is 0 Å². The maximum Gasteiger partial charge on any atom is 0.262 e. The van der Waals surface area contributed by atoms with Crippen LogP contribution in [0.3, 0.4) is 0 Å². The Bertz CT molecular complexity index is 1020. The topological polar surface area (TPSA) is 60.9 Å². The number of benzene rings is 1. The first-order valence-corrected chi connectivity index (χ1v) is 9.61. The van der Waals surface area contributed by atoms with E-state index in [4.69, 9.17) is 5.73 Å². The summed E-state index contributed by atoms with van der Waals surface area (Å²) in [7, 11) is 0. The van der Waals surface area contributed by atoms with E-state index in [0.29, 0.717) is 0 Å². The van der Waals surface area contributed by atoms with Crippen LogP contribution >= 0.6 is 23.7 Å². The second kappa shape index (κ2) is 7.14. The van der Waals surface area contributed by atoms with Crippen LogP contribution in [-0.2, 0) is 0 Å². The zero-order valence-corrected chi connectivity index (χ0v) is 16.9. The molecule has 1 aliphatic rings. The summed E-state index contributed by atoms with van der Waals surface area (Å²) < 4.78 is 1.82. The van der Waals surface area contributed by atoms with E-state index in [1.807, 2.05) is 4.57 Å². The van der Waals surface area contributed by atoms with Gasteiger partial charge in [0.15, 0.2) is 0 Å². The number of aryl methyl sites for hydroxylation is 3. The van der Waals surface area contributed by atoms with Crippen LogP contribution in [0.1, 0.15) is 41.3 Å². The van der Waals surface area contributed by atoms with Crippen molar-refractivity contribution in [1.29, 1.82) is 0 Å². The molecular formula is C20H24ClN3OS. The van der Waals surface area contributed by atoms with Crippen LogP contribution in [-0.4, -0.2) is 15.6 Å². The van der Waals surface area contributed by atoms with Crippen LogP contribution in [0.15, 0.2) is 29.3 Å². The Labute approximate surface area is 163 Å². The summed E-state index contributed by atoms with van der Waals surface area (Å²) in [5.41, 5.74) is 10.7. The van der Waals surface area contributed by atoms with E-state index in [1.54, 1.807) is 17.7 Å². The summed E-state index contributed by atoms with van der Waals surface area (Å²) in [6, 6.07) is 6.77. The fraction of sp³-hybridized carbons (Fsp3) is 0.400. The highest BCUT2D eigenvalue weighted by Gasteiger charge is 2.26. The Morgan fingerprint density at radius 1 is 1.23 bits per heavy atom. The molecule has 0 bridgehead atoms. The lowest BCUT2D eigenvalue weighted by Gasteiger charge is -2.14. The third-order valence-corrected chi connectivity index (χ3v) is 6.33. The molecular weight excluding hydrogens is 366 g/mol. The van der Waals surface area contributed by atoms with Gasteiger partial charge in [0.05, 0.1) is 11.7 Å². The van der Waals surface area contributed by atoms with Gasteiger partial charge in [0.1, 0.15) is 4.83 Å². The van der Waals surface area contributed by atoms with Crippen molar-refractivity contribution in [3.8, 4) is 11.1 Å². The van der Waals surface area contributed by atoms with E-state index in [0.717, 1.165) is 45.5 Å². The number of rotatable bonds is 2. The van der Waals surface area contributed by atoms with Crippen LogP contribution < -0.4 is 11.3 Å². The minimum Gasteiger partial charge on any atom is -0.328 e. The molecule has 2 heterocycles. The maximum atomic E-state index is 13.3. The molecule has 1 aliphatic carbocycles. The predicted molar refractivity (Wildman–Crippen MR) is 112 cm³/mol. The number of hydrogen-bond acceptors (Lipinski definition) is 4. The molecule has 0 unspecified atom stereocenters. The number of halogens is 1. The standard InChI is InChI=1S/C20H23N3OS.ClH/c1-11-4-5-12(2)16(8-11)17-13(3)25-19-18(17)20(24)23(10-22-19)15-7-6-14(21)9-15;/h4-5,8,10,14-15H,6-7,9,21H2,1-3H3;1H/t14-,15-;/m1./s1. The maximum absolute atomic E-state index is 13.3. The van der Waals surface area contributed by atoms with Crippen LogP contribution in [0.5, 0.6) is 0 Å². The van der Waals surface area contributed by atoms with E-state index >= 15 is 0 Å². The van der Waals surface area contributed by atoms with E-state index in [2.05, 4.69) is 44.0 Å². The summed E-state index contributed by atoms with van der Waals surface area (Å²) in [6.45, 7) is 6.27. The van der Waals surface area contributed by atoms with Gasteiger partial charge in [-0.05, 0) is 51.2 Å². The molecule has 6 heteroatoms. The van der Waals surface area contributed by atoms with Crippen molar-refractivity contribution in [2.45, 2.75) is 52.1 Å². The van der Waals surface area contributed by atoms with Crippen molar-refractivity contribution in [2.75, 3.05) is 0 Å². The number of fused-ring (bicyclic) bond motifs is 1.